The number of unbranched alkanes of at least 4 members (excludes halogenated alkanes) is 1. The summed E-state index contributed by atoms with van der Waals surface area (Å²) in [4.78, 5) is 6.65. The largest absolute Gasteiger partial charge is 0.356 e. The van der Waals surface area contributed by atoms with E-state index >= 15 is 0 Å². The number of fused-ring (bicyclic) bond motifs is 1. The second-order valence-electron chi connectivity index (χ2n) is 4.36. The molecule has 3 nitrogen and oxygen atoms in total. The van der Waals surface area contributed by atoms with E-state index in [2.05, 4.69) is 46.4 Å². The van der Waals surface area contributed by atoms with E-state index in [4.69, 9.17) is 0 Å². The second kappa shape index (κ2) is 7.61. The van der Waals surface area contributed by atoms with E-state index in [1.165, 1.54) is 24.1 Å². The average Bonchev–Trinajstić information content (AvgIpc) is 2.79. The number of rotatable bonds is 3. The predicted molar refractivity (Wildman–Crippen MR) is 89.2 cm³/mol. The number of para-hydroxylation sites is 1. The van der Waals surface area contributed by atoms with Crippen LogP contribution in [0.15, 0.2) is 29.3 Å². The van der Waals surface area contributed by atoms with E-state index in [1.807, 2.05) is 7.05 Å². The number of nitrogens with zero attached hydrogens (tertiary/aromatic N) is 2. The zero-order valence-electron chi connectivity index (χ0n) is 11.1. The molecule has 2 rings (SSSR count). The second-order valence-corrected chi connectivity index (χ2v) is 4.36. The van der Waals surface area contributed by atoms with E-state index in [-0.39, 0.29) is 24.0 Å². The molecule has 1 heterocycles. The van der Waals surface area contributed by atoms with Gasteiger partial charge in [-0.25, -0.2) is 0 Å². The maximum absolute atomic E-state index is 4.37. The first-order valence-electron chi connectivity index (χ1n) is 6.43. The van der Waals surface area contributed by atoms with E-state index in [0.29, 0.717) is 0 Å². The van der Waals surface area contributed by atoms with Gasteiger partial charge in [0.15, 0.2) is 5.96 Å². The zero-order valence-corrected chi connectivity index (χ0v) is 13.5. The molecular formula is C14H22IN3. The Bertz CT molecular complexity index is 404. The van der Waals surface area contributed by atoms with Crippen molar-refractivity contribution < 1.29 is 0 Å². The van der Waals surface area contributed by atoms with Crippen molar-refractivity contribution in [3.63, 3.8) is 0 Å². The third-order valence-corrected chi connectivity index (χ3v) is 3.17. The minimum Gasteiger partial charge on any atom is -0.356 e. The number of nitrogens with one attached hydrogen (secondary N) is 1. The number of aliphatic imine (C=N–C) groups is 1. The normalized spacial score (nSPS) is 14.1. The van der Waals surface area contributed by atoms with Gasteiger partial charge in [0, 0.05) is 25.8 Å². The lowest BCUT2D eigenvalue weighted by Crippen LogP contribution is -2.40. The van der Waals surface area contributed by atoms with Crippen LogP contribution < -0.4 is 10.2 Å². The van der Waals surface area contributed by atoms with Crippen molar-refractivity contribution in [2.45, 2.75) is 26.2 Å². The molecule has 1 aliphatic heterocycles. The first-order valence-corrected chi connectivity index (χ1v) is 6.43. The predicted octanol–water partition coefficient (Wildman–Crippen LogP) is 3.04. The molecule has 4 heteroatoms. The molecule has 18 heavy (non-hydrogen) atoms. The smallest absolute Gasteiger partial charge is 0.198 e. The van der Waals surface area contributed by atoms with Crippen molar-refractivity contribution in [2.75, 3.05) is 25.0 Å². The van der Waals surface area contributed by atoms with Crippen molar-refractivity contribution >= 4 is 35.6 Å². The lowest BCUT2D eigenvalue weighted by atomic mass is 10.2. The van der Waals surface area contributed by atoms with Crippen LogP contribution in [-0.4, -0.2) is 26.1 Å². The maximum Gasteiger partial charge on any atom is 0.198 e. The summed E-state index contributed by atoms with van der Waals surface area (Å²) in [6.45, 7) is 4.24. The molecular weight excluding hydrogens is 337 g/mol. The van der Waals surface area contributed by atoms with Crippen molar-refractivity contribution in [2.24, 2.45) is 4.99 Å². The van der Waals surface area contributed by atoms with Gasteiger partial charge in [-0.1, -0.05) is 31.5 Å². The summed E-state index contributed by atoms with van der Waals surface area (Å²) >= 11 is 0. The van der Waals surface area contributed by atoms with Crippen molar-refractivity contribution in [3.05, 3.63) is 29.8 Å². The van der Waals surface area contributed by atoms with E-state index in [0.717, 1.165) is 25.5 Å². The Hall–Kier alpha value is -0.780. The highest BCUT2D eigenvalue weighted by Gasteiger charge is 2.21. The van der Waals surface area contributed by atoms with Gasteiger partial charge in [0.05, 0.1) is 0 Å². The molecule has 1 aromatic carbocycles. The van der Waals surface area contributed by atoms with Crippen LogP contribution in [0.25, 0.3) is 0 Å². The minimum atomic E-state index is 0. The molecule has 0 spiro atoms. The van der Waals surface area contributed by atoms with Crippen molar-refractivity contribution in [1.82, 2.24) is 5.32 Å². The van der Waals surface area contributed by atoms with Gasteiger partial charge < -0.3 is 10.2 Å². The number of anilines is 1. The van der Waals surface area contributed by atoms with E-state index < -0.39 is 0 Å². The minimum absolute atomic E-state index is 0. The number of guanidine groups is 1. The van der Waals surface area contributed by atoms with Gasteiger partial charge >= 0.3 is 0 Å². The first kappa shape index (κ1) is 15.3. The molecule has 0 atom stereocenters. The fraction of sp³-hybridized carbons (Fsp3) is 0.500. The Balaban J connectivity index is 0.00000162. The summed E-state index contributed by atoms with van der Waals surface area (Å²) in [7, 11) is 1.86. The quantitative estimate of drug-likeness (QED) is 0.389. The van der Waals surface area contributed by atoms with Crippen LogP contribution in [0.5, 0.6) is 0 Å². The first-order chi connectivity index (χ1) is 8.36. The highest BCUT2D eigenvalue weighted by Crippen LogP contribution is 2.27. The van der Waals surface area contributed by atoms with Crippen LogP contribution in [0.2, 0.25) is 0 Å². The van der Waals surface area contributed by atoms with Gasteiger partial charge in [-0.05, 0) is 24.5 Å². The Morgan fingerprint density at radius 3 is 2.89 bits per heavy atom. The summed E-state index contributed by atoms with van der Waals surface area (Å²) in [5.41, 5.74) is 2.73. The molecule has 1 aliphatic rings. The molecule has 0 bridgehead atoms. The van der Waals surface area contributed by atoms with Gasteiger partial charge in [0.1, 0.15) is 0 Å². The third-order valence-electron chi connectivity index (χ3n) is 3.17. The topological polar surface area (TPSA) is 27.6 Å². The molecule has 1 N–H and O–H groups in total. The number of halogens is 1. The summed E-state index contributed by atoms with van der Waals surface area (Å²) in [6.07, 6.45) is 3.51. The molecule has 100 valence electrons. The molecule has 0 fully saturated rings. The van der Waals surface area contributed by atoms with Crippen LogP contribution in [0.4, 0.5) is 5.69 Å². The van der Waals surface area contributed by atoms with Gasteiger partial charge in [0.25, 0.3) is 0 Å². The number of hydrogen-bond acceptors (Lipinski definition) is 1. The SMILES string of the molecule is CCCCNC(=NC)N1CCc2ccccc21.I. The van der Waals surface area contributed by atoms with E-state index in [9.17, 15) is 0 Å². The maximum atomic E-state index is 4.37. The van der Waals surface area contributed by atoms with Crippen molar-refractivity contribution in [1.29, 1.82) is 0 Å². The molecule has 0 radical (unpaired) electrons. The van der Waals surface area contributed by atoms with Gasteiger partial charge in [0.2, 0.25) is 0 Å². The van der Waals surface area contributed by atoms with Crippen LogP contribution in [0, 0.1) is 0 Å². The standard InChI is InChI=1S/C14H21N3.HI/c1-3-4-10-16-14(15-2)17-11-9-12-7-5-6-8-13(12)17;/h5-8H,3-4,9-11H2,1-2H3,(H,15,16);1H. The Morgan fingerprint density at radius 1 is 1.39 bits per heavy atom. The van der Waals surface area contributed by atoms with Gasteiger partial charge in [-0.3, -0.25) is 4.99 Å². The van der Waals surface area contributed by atoms with Gasteiger partial charge in [-0.15, -0.1) is 24.0 Å². The molecule has 0 unspecified atom stereocenters. The Kier molecular flexibility index (Phi) is 6.46. The lowest BCUT2D eigenvalue weighted by Gasteiger charge is -2.22. The van der Waals surface area contributed by atoms with Crippen LogP contribution in [0.1, 0.15) is 25.3 Å². The molecule has 1 aromatic rings. The monoisotopic (exact) mass is 359 g/mol. The van der Waals surface area contributed by atoms with E-state index in [1.54, 1.807) is 0 Å². The summed E-state index contributed by atoms with van der Waals surface area (Å²) < 4.78 is 0. The van der Waals surface area contributed by atoms with Crippen LogP contribution in [-0.2, 0) is 6.42 Å². The Labute approximate surface area is 127 Å². The zero-order chi connectivity index (χ0) is 12.1. The third kappa shape index (κ3) is 3.37. The molecule has 0 saturated carbocycles. The Morgan fingerprint density at radius 2 is 2.17 bits per heavy atom. The highest BCUT2D eigenvalue weighted by molar-refractivity contribution is 14.0. The number of benzene rings is 1. The molecule has 0 aliphatic carbocycles. The number of hydrogen-bond donors (Lipinski definition) is 1. The fourth-order valence-corrected chi connectivity index (χ4v) is 2.23. The van der Waals surface area contributed by atoms with Gasteiger partial charge in [-0.2, -0.15) is 0 Å². The summed E-state index contributed by atoms with van der Waals surface area (Å²) in [6, 6.07) is 8.58. The molecule has 0 aromatic heterocycles. The lowest BCUT2D eigenvalue weighted by molar-refractivity contribution is 0.744. The fourth-order valence-electron chi connectivity index (χ4n) is 2.23. The average molecular weight is 359 g/mol. The van der Waals surface area contributed by atoms with Crippen molar-refractivity contribution in [3.8, 4) is 0 Å². The molecule has 0 saturated heterocycles. The van der Waals surface area contributed by atoms with Crippen LogP contribution >= 0.6 is 24.0 Å². The summed E-state index contributed by atoms with van der Waals surface area (Å²) in [5.74, 6) is 1.00. The van der Waals surface area contributed by atoms with Crippen LogP contribution in [0.3, 0.4) is 0 Å². The molecule has 0 amide bonds. The summed E-state index contributed by atoms with van der Waals surface area (Å²) in [5, 5.41) is 3.43. The highest BCUT2D eigenvalue weighted by atomic mass is 127.